The Morgan fingerprint density at radius 1 is 1.19 bits per heavy atom. The van der Waals surface area contributed by atoms with E-state index in [2.05, 4.69) is 5.32 Å². The van der Waals surface area contributed by atoms with Gasteiger partial charge in [0.05, 0.1) is 11.9 Å². The molecule has 26 heavy (non-hydrogen) atoms. The molecule has 0 aromatic heterocycles. The fraction of sp³-hybridized carbons (Fsp3) is 0.278. The Balaban J connectivity index is 1.76. The molecule has 0 fully saturated rings. The summed E-state index contributed by atoms with van der Waals surface area (Å²) in [5, 5.41) is 3.86. The summed E-state index contributed by atoms with van der Waals surface area (Å²) in [6, 6.07) is 10.2. The van der Waals surface area contributed by atoms with Crippen LogP contribution in [0.25, 0.3) is 0 Å². The van der Waals surface area contributed by atoms with Gasteiger partial charge in [-0.2, -0.15) is 0 Å². The molecular formula is C18H18Cl2N2O3S. The van der Waals surface area contributed by atoms with E-state index in [9.17, 15) is 13.2 Å². The third-order valence-corrected chi connectivity index (χ3v) is 6.04. The van der Waals surface area contributed by atoms with Crippen LogP contribution in [-0.2, 0) is 23.0 Å². The summed E-state index contributed by atoms with van der Waals surface area (Å²) in [6.45, 7) is 0.744. The van der Waals surface area contributed by atoms with Gasteiger partial charge in [0.2, 0.25) is 10.0 Å². The second kappa shape index (κ2) is 7.47. The Labute approximate surface area is 163 Å². The lowest BCUT2D eigenvalue weighted by Crippen LogP contribution is -2.34. The Morgan fingerprint density at radius 2 is 1.96 bits per heavy atom. The van der Waals surface area contributed by atoms with Crippen LogP contribution in [0.4, 0.5) is 5.69 Å². The maximum absolute atomic E-state index is 12.4. The molecule has 0 radical (unpaired) electrons. The van der Waals surface area contributed by atoms with Crippen molar-refractivity contribution in [3.63, 3.8) is 0 Å². The van der Waals surface area contributed by atoms with Gasteiger partial charge in [-0.1, -0.05) is 29.3 Å². The Kier molecular flexibility index (Phi) is 5.46. The van der Waals surface area contributed by atoms with Gasteiger partial charge < -0.3 is 5.32 Å². The zero-order valence-corrected chi connectivity index (χ0v) is 16.5. The summed E-state index contributed by atoms with van der Waals surface area (Å²) >= 11 is 12.0. The zero-order chi connectivity index (χ0) is 18.9. The van der Waals surface area contributed by atoms with E-state index in [1.54, 1.807) is 36.4 Å². The molecule has 0 atom stereocenters. The van der Waals surface area contributed by atoms with Crippen LogP contribution in [-0.4, -0.2) is 27.1 Å². The van der Waals surface area contributed by atoms with E-state index in [1.165, 1.54) is 10.6 Å². The zero-order valence-electron chi connectivity index (χ0n) is 14.1. The average molecular weight is 413 g/mol. The van der Waals surface area contributed by atoms with Crippen LogP contribution >= 0.6 is 23.2 Å². The second-order valence-electron chi connectivity index (χ2n) is 6.20. The maximum atomic E-state index is 12.4. The van der Waals surface area contributed by atoms with Crippen LogP contribution in [0.2, 0.25) is 10.0 Å². The van der Waals surface area contributed by atoms with Crippen LogP contribution in [0.1, 0.15) is 27.9 Å². The van der Waals surface area contributed by atoms with Crippen molar-refractivity contribution in [1.29, 1.82) is 0 Å². The fourth-order valence-electron chi connectivity index (χ4n) is 2.99. The first kappa shape index (κ1) is 19.0. The first-order chi connectivity index (χ1) is 12.3. The monoisotopic (exact) mass is 412 g/mol. The van der Waals surface area contributed by atoms with Crippen molar-refractivity contribution in [1.82, 2.24) is 5.32 Å². The van der Waals surface area contributed by atoms with Crippen molar-refractivity contribution in [3.8, 4) is 0 Å². The number of sulfonamides is 1. The smallest absolute Gasteiger partial charge is 0.251 e. The molecule has 0 unspecified atom stereocenters. The second-order valence-corrected chi connectivity index (χ2v) is 8.95. The van der Waals surface area contributed by atoms with Gasteiger partial charge in [0.25, 0.3) is 5.91 Å². The lowest BCUT2D eigenvalue weighted by molar-refractivity contribution is 0.0951. The van der Waals surface area contributed by atoms with E-state index in [1.807, 2.05) is 0 Å². The molecule has 3 rings (SSSR count). The largest absolute Gasteiger partial charge is 0.348 e. The molecule has 0 aliphatic carbocycles. The third-order valence-electron chi connectivity index (χ3n) is 4.27. The number of hydrogen-bond donors (Lipinski definition) is 1. The van der Waals surface area contributed by atoms with Crippen LogP contribution < -0.4 is 9.62 Å². The van der Waals surface area contributed by atoms with Gasteiger partial charge in [-0.15, -0.1) is 0 Å². The third kappa shape index (κ3) is 4.14. The molecule has 1 aliphatic rings. The van der Waals surface area contributed by atoms with Crippen molar-refractivity contribution in [2.75, 3.05) is 17.1 Å². The van der Waals surface area contributed by atoms with E-state index >= 15 is 0 Å². The molecule has 2 aromatic carbocycles. The van der Waals surface area contributed by atoms with Gasteiger partial charge in [-0.25, -0.2) is 8.42 Å². The molecular weight excluding hydrogens is 395 g/mol. The molecule has 1 N–H and O–H groups in total. The summed E-state index contributed by atoms with van der Waals surface area (Å²) in [7, 11) is -3.32. The number of halogens is 2. The fourth-order valence-corrected chi connectivity index (χ4v) is 4.46. The van der Waals surface area contributed by atoms with Crippen molar-refractivity contribution in [2.24, 2.45) is 0 Å². The first-order valence-electron chi connectivity index (χ1n) is 8.08. The van der Waals surface area contributed by atoms with Gasteiger partial charge in [0.15, 0.2) is 0 Å². The van der Waals surface area contributed by atoms with Gasteiger partial charge in [0.1, 0.15) is 0 Å². The predicted molar refractivity (Wildman–Crippen MR) is 105 cm³/mol. The number of nitrogens with zero attached hydrogens (tertiary/aromatic N) is 1. The molecule has 0 saturated carbocycles. The highest BCUT2D eigenvalue weighted by atomic mass is 35.5. The number of rotatable bonds is 4. The molecule has 1 amide bonds. The summed E-state index contributed by atoms with van der Waals surface area (Å²) in [6.07, 6.45) is 2.66. The Hall–Kier alpha value is -1.76. The maximum Gasteiger partial charge on any atom is 0.251 e. The number of carbonyl (C=O) groups is 1. The minimum Gasteiger partial charge on any atom is -0.348 e. The highest BCUT2D eigenvalue weighted by molar-refractivity contribution is 7.92. The van der Waals surface area contributed by atoms with E-state index in [0.717, 1.165) is 24.0 Å². The van der Waals surface area contributed by atoms with Crippen molar-refractivity contribution < 1.29 is 13.2 Å². The molecule has 0 spiro atoms. The lowest BCUT2D eigenvalue weighted by atomic mass is 10.0. The summed E-state index contributed by atoms with van der Waals surface area (Å²) in [4.78, 5) is 12.4. The van der Waals surface area contributed by atoms with Crippen LogP contribution in [0.15, 0.2) is 36.4 Å². The van der Waals surface area contributed by atoms with E-state index in [-0.39, 0.29) is 12.5 Å². The number of carbonyl (C=O) groups excluding carboxylic acids is 1. The molecule has 1 heterocycles. The summed E-state index contributed by atoms with van der Waals surface area (Å²) in [5.74, 6) is -0.240. The SMILES string of the molecule is CS(=O)(=O)N1CCCc2cc(C(=O)NCc3ccc(Cl)cc3Cl)ccc21. The van der Waals surface area contributed by atoms with E-state index in [0.29, 0.717) is 27.8 Å². The van der Waals surface area contributed by atoms with Crippen molar-refractivity contribution in [2.45, 2.75) is 19.4 Å². The minimum absolute atomic E-state index is 0.240. The number of benzene rings is 2. The molecule has 1 aliphatic heterocycles. The first-order valence-corrected chi connectivity index (χ1v) is 10.7. The number of hydrogen-bond acceptors (Lipinski definition) is 3. The molecule has 5 nitrogen and oxygen atoms in total. The van der Waals surface area contributed by atoms with Gasteiger partial charge in [-0.3, -0.25) is 9.10 Å². The normalized spacial score (nSPS) is 14.0. The number of nitrogens with one attached hydrogen (secondary N) is 1. The topological polar surface area (TPSA) is 66.5 Å². The standard InChI is InChI=1S/C18H18Cl2N2O3S/c1-26(24,25)22-8-2-3-12-9-13(5-7-17(12)22)18(23)21-11-14-4-6-15(19)10-16(14)20/h4-7,9-10H,2-3,8,11H2,1H3,(H,21,23). The number of fused-ring (bicyclic) bond motifs is 1. The highest BCUT2D eigenvalue weighted by Gasteiger charge is 2.24. The predicted octanol–water partition coefficient (Wildman–Crippen LogP) is 3.64. The van der Waals surface area contributed by atoms with Crippen LogP contribution in [0.3, 0.4) is 0 Å². The summed E-state index contributed by atoms with van der Waals surface area (Å²) in [5.41, 5.74) is 2.77. The quantitative estimate of drug-likeness (QED) is 0.833. The number of amides is 1. The number of aryl methyl sites for hydroxylation is 1. The molecule has 8 heteroatoms. The minimum atomic E-state index is -3.32. The van der Waals surface area contributed by atoms with E-state index in [4.69, 9.17) is 23.2 Å². The number of anilines is 1. The summed E-state index contributed by atoms with van der Waals surface area (Å²) < 4.78 is 25.2. The molecule has 138 valence electrons. The average Bonchev–Trinajstić information content (AvgIpc) is 2.59. The van der Waals surface area contributed by atoms with Crippen molar-refractivity contribution >= 4 is 44.8 Å². The van der Waals surface area contributed by atoms with Gasteiger partial charge in [-0.05, 0) is 54.3 Å². The lowest BCUT2D eigenvalue weighted by Gasteiger charge is -2.29. The Morgan fingerprint density at radius 3 is 2.65 bits per heavy atom. The molecule has 0 saturated heterocycles. The van der Waals surface area contributed by atoms with Gasteiger partial charge >= 0.3 is 0 Å². The Bertz CT molecular complexity index is 961. The highest BCUT2D eigenvalue weighted by Crippen LogP contribution is 2.30. The van der Waals surface area contributed by atoms with Crippen LogP contribution in [0.5, 0.6) is 0 Å². The van der Waals surface area contributed by atoms with Crippen LogP contribution in [0, 0.1) is 0 Å². The van der Waals surface area contributed by atoms with Gasteiger partial charge in [0, 0.05) is 28.7 Å². The van der Waals surface area contributed by atoms with E-state index < -0.39 is 10.0 Å². The molecule has 2 aromatic rings. The molecule has 0 bridgehead atoms. The van der Waals surface area contributed by atoms with Crippen molar-refractivity contribution in [3.05, 3.63) is 63.1 Å².